The van der Waals surface area contributed by atoms with E-state index in [0.29, 0.717) is 34.2 Å². The number of aromatic nitrogens is 2. The molecule has 0 unspecified atom stereocenters. The summed E-state index contributed by atoms with van der Waals surface area (Å²) in [6, 6.07) is 19.5. The third-order valence-corrected chi connectivity index (χ3v) is 6.80. The van der Waals surface area contributed by atoms with E-state index in [1.807, 2.05) is 80.6 Å². The standard InChI is InChI=1S/C28H26N2O4S/c1-18-8-6-9-19(2)26(18)34-15-7-14-33-23-13-12-20(16-24(23)32-3)17-25-27(31)30-22-11-5-4-10-21(22)29-28(30)35-25/h4-6,8-13,16-17H,7,14-15H2,1-3H3/b25-17-. The number of rotatable bonds is 8. The zero-order valence-corrected chi connectivity index (χ0v) is 20.7. The highest BCUT2D eigenvalue weighted by Gasteiger charge is 2.11. The molecule has 0 N–H and O–H groups in total. The van der Waals surface area contributed by atoms with Gasteiger partial charge in [-0.2, -0.15) is 0 Å². The highest BCUT2D eigenvalue weighted by atomic mass is 32.1. The first kappa shape index (κ1) is 22.9. The molecule has 2 aromatic heterocycles. The van der Waals surface area contributed by atoms with Gasteiger partial charge in [-0.25, -0.2) is 9.38 Å². The van der Waals surface area contributed by atoms with Crippen LogP contribution < -0.4 is 24.3 Å². The van der Waals surface area contributed by atoms with Gasteiger partial charge in [0.15, 0.2) is 16.5 Å². The minimum absolute atomic E-state index is 0.0677. The van der Waals surface area contributed by atoms with Crippen LogP contribution in [0.3, 0.4) is 0 Å². The van der Waals surface area contributed by atoms with E-state index in [9.17, 15) is 4.79 Å². The lowest BCUT2D eigenvalue weighted by Crippen LogP contribution is -2.22. The quantitative estimate of drug-likeness (QED) is 0.291. The molecule has 0 bridgehead atoms. The van der Waals surface area contributed by atoms with Crippen LogP contribution in [0.25, 0.3) is 22.1 Å². The molecule has 0 atom stereocenters. The van der Waals surface area contributed by atoms with Crippen LogP contribution in [0.1, 0.15) is 23.1 Å². The summed E-state index contributed by atoms with van der Waals surface area (Å²) in [5, 5.41) is 0. The predicted molar refractivity (Wildman–Crippen MR) is 140 cm³/mol. The maximum atomic E-state index is 13.0. The average molecular weight is 487 g/mol. The van der Waals surface area contributed by atoms with Gasteiger partial charge in [-0.05, 0) is 60.9 Å². The molecule has 5 aromatic rings. The van der Waals surface area contributed by atoms with Crippen LogP contribution in [0.15, 0.2) is 65.5 Å². The van der Waals surface area contributed by atoms with E-state index < -0.39 is 0 Å². The molecular weight excluding hydrogens is 460 g/mol. The SMILES string of the molecule is COc1cc(/C=c2\sc3nc4ccccc4n3c2=O)ccc1OCCCOc1c(C)cccc1C. The van der Waals surface area contributed by atoms with Gasteiger partial charge in [-0.15, -0.1) is 0 Å². The van der Waals surface area contributed by atoms with Crippen LogP contribution in [0, 0.1) is 13.8 Å². The number of benzene rings is 3. The third kappa shape index (κ3) is 4.59. The number of methoxy groups -OCH3 is 1. The number of hydrogen-bond donors (Lipinski definition) is 0. The number of imidazole rings is 1. The topological polar surface area (TPSA) is 62.1 Å². The van der Waals surface area contributed by atoms with Gasteiger partial charge in [0.05, 0.1) is 35.9 Å². The van der Waals surface area contributed by atoms with Crippen molar-refractivity contribution in [2.45, 2.75) is 20.3 Å². The van der Waals surface area contributed by atoms with E-state index in [4.69, 9.17) is 14.2 Å². The van der Waals surface area contributed by atoms with Gasteiger partial charge >= 0.3 is 0 Å². The molecular formula is C28H26N2O4S. The Morgan fingerprint density at radius 3 is 2.51 bits per heavy atom. The summed E-state index contributed by atoms with van der Waals surface area (Å²) in [7, 11) is 1.61. The molecule has 0 amide bonds. The molecule has 2 heterocycles. The van der Waals surface area contributed by atoms with Crippen molar-refractivity contribution in [1.29, 1.82) is 0 Å². The van der Waals surface area contributed by atoms with Gasteiger partial charge in [0.2, 0.25) is 0 Å². The maximum absolute atomic E-state index is 13.0. The van der Waals surface area contributed by atoms with Gasteiger partial charge in [0, 0.05) is 6.42 Å². The Kier molecular flexibility index (Phi) is 6.42. The first-order valence-electron chi connectivity index (χ1n) is 11.5. The molecule has 0 saturated carbocycles. The fourth-order valence-electron chi connectivity index (χ4n) is 4.10. The Morgan fingerprint density at radius 2 is 1.71 bits per heavy atom. The normalized spacial score (nSPS) is 11.9. The van der Waals surface area contributed by atoms with Crippen molar-refractivity contribution in [3.63, 3.8) is 0 Å². The molecule has 178 valence electrons. The van der Waals surface area contributed by atoms with E-state index in [0.717, 1.165) is 39.9 Å². The number of thiazole rings is 1. The van der Waals surface area contributed by atoms with Gasteiger partial charge in [0.1, 0.15) is 5.75 Å². The van der Waals surface area contributed by atoms with Crippen molar-refractivity contribution < 1.29 is 14.2 Å². The lowest BCUT2D eigenvalue weighted by atomic mass is 10.1. The predicted octanol–water partition coefficient (Wildman–Crippen LogP) is 4.93. The molecule has 0 radical (unpaired) electrons. The number of nitrogens with zero attached hydrogens (tertiary/aromatic N) is 2. The minimum Gasteiger partial charge on any atom is -0.493 e. The van der Waals surface area contributed by atoms with Crippen molar-refractivity contribution in [1.82, 2.24) is 9.38 Å². The van der Waals surface area contributed by atoms with Crippen molar-refractivity contribution in [3.8, 4) is 17.2 Å². The summed E-state index contributed by atoms with van der Waals surface area (Å²) in [5.74, 6) is 2.22. The molecule has 7 heteroatoms. The van der Waals surface area contributed by atoms with E-state index in [-0.39, 0.29) is 5.56 Å². The van der Waals surface area contributed by atoms with Gasteiger partial charge in [0.25, 0.3) is 5.56 Å². The van der Waals surface area contributed by atoms with Crippen LogP contribution in [0.2, 0.25) is 0 Å². The molecule has 6 nitrogen and oxygen atoms in total. The van der Waals surface area contributed by atoms with Crippen molar-refractivity contribution >= 4 is 33.4 Å². The minimum atomic E-state index is -0.0677. The Balaban J connectivity index is 1.28. The second-order valence-corrected chi connectivity index (χ2v) is 9.33. The Labute approximate surface area is 207 Å². The van der Waals surface area contributed by atoms with Crippen LogP contribution in [-0.2, 0) is 0 Å². The summed E-state index contributed by atoms with van der Waals surface area (Å²) < 4.78 is 19.7. The van der Waals surface area contributed by atoms with Crippen LogP contribution in [0.4, 0.5) is 0 Å². The van der Waals surface area contributed by atoms with Crippen LogP contribution in [0.5, 0.6) is 17.2 Å². The lowest BCUT2D eigenvalue weighted by molar-refractivity contribution is 0.239. The van der Waals surface area contributed by atoms with Gasteiger partial charge in [-0.1, -0.05) is 47.7 Å². The van der Waals surface area contributed by atoms with E-state index >= 15 is 0 Å². The van der Waals surface area contributed by atoms with Crippen molar-refractivity contribution in [3.05, 3.63) is 92.2 Å². The summed E-state index contributed by atoms with van der Waals surface area (Å²) in [4.78, 5) is 18.3. The molecule has 0 aliphatic rings. The summed E-state index contributed by atoms with van der Waals surface area (Å²) in [6.45, 7) is 5.17. The largest absolute Gasteiger partial charge is 0.493 e. The lowest BCUT2D eigenvalue weighted by Gasteiger charge is -2.13. The van der Waals surface area contributed by atoms with Crippen molar-refractivity contribution in [2.75, 3.05) is 20.3 Å². The molecule has 35 heavy (non-hydrogen) atoms. The molecule has 3 aromatic carbocycles. The monoisotopic (exact) mass is 486 g/mol. The highest BCUT2D eigenvalue weighted by molar-refractivity contribution is 7.15. The molecule has 0 spiro atoms. The number of fused-ring (bicyclic) bond motifs is 3. The fraction of sp³-hybridized carbons (Fsp3) is 0.214. The Bertz CT molecular complexity index is 1600. The van der Waals surface area contributed by atoms with Crippen LogP contribution in [-0.4, -0.2) is 29.7 Å². The van der Waals surface area contributed by atoms with E-state index in [1.165, 1.54) is 11.3 Å². The zero-order chi connectivity index (χ0) is 24.4. The molecule has 0 aliphatic heterocycles. The summed E-state index contributed by atoms with van der Waals surface area (Å²) >= 11 is 1.38. The van der Waals surface area contributed by atoms with Gasteiger partial charge < -0.3 is 14.2 Å². The Hall–Kier alpha value is -3.84. The smallest absolute Gasteiger partial charge is 0.274 e. The number of para-hydroxylation sites is 3. The van der Waals surface area contributed by atoms with Gasteiger partial charge in [-0.3, -0.25) is 4.79 Å². The van der Waals surface area contributed by atoms with E-state index in [2.05, 4.69) is 4.98 Å². The zero-order valence-electron chi connectivity index (χ0n) is 19.9. The number of hydrogen-bond acceptors (Lipinski definition) is 6. The molecule has 0 fully saturated rings. The fourth-order valence-corrected chi connectivity index (χ4v) is 5.09. The first-order chi connectivity index (χ1) is 17.0. The number of aryl methyl sites for hydroxylation is 2. The Morgan fingerprint density at radius 1 is 0.943 bits per heavy atom. The highest BCUT2D eigenvalue weighted by Crippen LogP contribution is 2.29. The van der Waals surface area contributed by atoms with Crippen LogP contribution >= 0.6 is 11.3 Å². The molecule has 0 aliphatic carbocycles. The van der Waals surface area contributed by atoms with E-state index in [1.54, 1.807) is 11.5 Å². The second-order valence-electron chi connectivity index (χ2n) is 8.32. The maximum Gasteiger partial charge on any atom is 0.274 e. The third-order valence-electron chi connectivity index (χ3n) is 5.83. The summed E-state index contributed by atoms with van der Waals surface area (Å²) in [5.41, 5.74) is 4.71. The molecule has 5 rings (SSSR count). The summed E-state index contributed by atoms with van der Waals surface area (Å²) in [6.07, 6.45) is 2.61. The first-order valence-corrected chi connectivity index (χ1v) is 12.3. The molecule has 0 saturated heterocycles. The second kappa shape index (κ2) is 9.80. The van der Waals surface area contributed by atoms with Crippen molar-refractivity contribution in [2.24, 2.45) is 0 Å². The number of ether oxygens (including phenoxy) is 3. The average Bonchev–Trinajstić information content (AvgIpc) is 3.37.